The van der Waals surface area contributed by atoms with Crippen LogP contribution in [0.25, 0.3) is 0 Å². The number of carbonyl (C=O) groups is 1. The zero-order valence-electron chi connectivity index (χ0n) is 17.8. The second-order valence-electron chi connectivity index (χ2n) is 10.5. The Kier molecular flexibility index (Phi) is 5.00. The van der Waals surface area contributed by atoms with E-state index in [9.17, 15) is 9.90 Å². The summed E-state index contributed by atoms with van der Waals surface area (Å²) in [7, 11) is 0. The maximum Gasteiger partial charge on any atom is 0.139 e. The summed E-state index contributed by atoms with van der Waals surface area (Å²) >= 11 is 0. The minimum Gasteiger partial charge on any atom is -0.392 e. The summed E-state index contributed by atoms with van der Waals surface area (Å²) in [6, 6.07) is 0. The van der Waals surface area contributed by atoms with E-state index in [1.165, 1.54) is 12.8 Å². The molecule has 0 spiro atoms. The molecule has 3 aliphatic carbocycles. The Labute approximate surface area is 160 Å². The molecular formula is C24H40O2. The van der Waals surface area contributed by atoms with Crippen LogP contribution in [-0.2, 0) is 4.79 Å². The third-order valence-corrected chi connectivity index (χ3v) is 9.57. The molecule has 0 amide bonds. The van der Waals surface area contributed by atoms with Gasteiger partial charge >= 0.3 is 0 Å². The number of carbonyl (C=O) groups excluding carboxylic acids is 1. The predicted octanol–water partition coefficient (Wildman–Crippen LogP) is 5.64. The minimum atomic E-state index is -0.428. The van der Waals surface area contributed by atoms with Crippen molar-refractivity contribution < 1.29 is 9.90 Å². The number of Topliss-reactive ketones (excluding diaryl/α,β-unsaturated/α-hetero) is 1. The Balaban J connectivity index is 2.19. The molecule has 3 fully saturated rings. The molecule has 148 valence electrons. The highest BCUT2D eigenvalue weighted by molar-refractivity contribution is 5.88. The molecule has 3 saturated carbocycles. The van der Waals surface area contributed by atoms with Gasteiger partial charge in [-0.25, -0.2) is 0 Å². The lowest BCUT2D eigenvalue weighted by molar-refractivity contribution is -0.165. The molecule has 3 rings (SSSR count). The molecule has 2 unspecified atom stereocenters. The lowest BCUT2D eigenvalue weighted by Crippen LogP contribution is -2.59. The number of ketones is 1. The molecule has 0 aromatic heterocycles. The van der Waals surface area contributed by atoms with E-state index >= 15 is 0 Å². The first-order valence-corrected chi connectivity index (χ1v) is 10.9. The average molecular weight is 361 g/mol. The highest BCUT2D eigenvalue weighted by Crippen LogP contribution is 2.68. The van der Waals surface area contributed by atoms with Gasteiger partial charge in [0.05, 0.1) is 6.10 Å². The van der Waals surface area contributed by atoms with Gasteiger partial charge in [0.1, 0.15) is 5.78 Å². The predicted molar refractivity (Wildman–Crippen MR) is 108 cm³/mol. The number of hydrogen-bond acceptors (Lipinski definition) is 2. The summed E-state index contributed by atoms with van der Waals surface area (Å²) in [4.78, 5) is 13.4. The number of rotatable bonds is 4. The summed E-state index contributed by atoms with van der Waals surface area (Å²) in [6.07, 6.45) is 7.90. The largest absolute Gasteiger partial charge is 0.392 e. The fourth-order valence-corrected chi connectivity index (χ4v) is 7.56. The fourth-order valence-electron chi connectivity index (χ4n) is 7.56. The summed E-state index contributed by atoms with van der Waals surface area (Å²) in [5, 5.41) is 11.3. The number of aliphatic hydroxyl groups excluding tert-OH is 1. The Morgan fingerprint density at radius 2 is 1.85 bits per heavy atom. The first kappa shape index (κ1) is 20.1. The van der Waals surface area contributed by atoms with Crippen LogP contribution in [0.5, 0.6) is 0 Å². The molecule has 0 aromatic rings. The van der Waals surface area contributed by atoms with Gasteiger partial charge in [-0.05, 0) is 60.7 Å². The van der Waals surface area contributed by atoms with Gasteiger partial charge in [-0.2, -0.15) is 0 Å². The number of hydrogen-bond donors (Lipinski definition) is 1. The van der Waals surface area contributed by atoms with Crippen molar-refractivity contribution in [3.05, 3.63) is 12.7 Å². The SMILES string of the molecule is C=C[C@]1(C)C[C@@H](C)[C@](C)(C(CC)C2CC2)[C@]2(C)C(=O)CCC2[C@@H](C)[C@@H]1O. The van der Waals surface area contributed by atoms with Crippen molar-refractivity contribution in [1.29, 1.82) is 0 Å². The van der Waals surface area contributed by atoms with Gasteiger partial charge < -0.3 is 5.11 Å². The summed E-state index contributed by atoms with van der Waals surface area (Å²) in [5.74, 6) is 2.62. The maximum absolute atomic E-state index is 13.4. The van der Waals surface area contributed by atoms with E-state index in [2.05, 4.69) is 48.1 Å². The second-order valence-corrected chi connectivity index (χ2v) is 10.5. The van der Waals surface area contributed by atoms with Crippen LogP contribution in [0.2, 0.25) is 0 Å². The molecular weight excluding hydrogens is 320 g/mol. The molecule has 1 N–H and O–H groups in total. The molecule has 26 heavy (non-hydrogen) atoms. The third kappa shape index (κ3) is 2.50. The molecule has 0 aromatic carbocycles. The molecule has 0 bridgehead atoms. The normalized spacial score (nSPS) is 50.7. The maximum atomic E-state index is 13.4. The van der Waals surface area contributed by atoms with Crippen molar-refractivity contribution >= 4 is 5.78 Å². The lowest BCUT2D eigenvalue weighted by atomic mass is 9.44. The van der Waals surface area contributed by atoms with E-state index in [0.29, 0.717) is 24.0 Å². The second kappa shape index (κ2) is 6.47. The van der Waals surface area contributed by atoms with Crippen LogP contribution in [-0.4, -0.2) is 17.0 Å². The van der Waals surface area contributed by atoms with Gasteiger partial charge in [-0.3, -0.25) is 4.79 Å². The van der Waals surface area contributed by atoms with Gasteiger partial charge in [0.15, 0.2) is 0 Å². The molecule has 0 heterocycles. The standard InChI is InChI=1S/C24H40O2/c1-8-18(17-10-11-17)23(6)15(3)14-22(5,9-2)21(26)16(4)19-12-13-20(25)24(19,23)7/h9,15-19,21,26H,2,8,10-14H2,1,3-7H3/t15-,16-,18?,19?,21+,22-,23-,24+/m1/s1. The molecule has 3 aliphatic rings. The Bertz CT molecular complexity index is 579. The van der Waals surface area contributed by atoms with Crippen LogP contribution in [0.3, 0.4) is 0 Å². The van der Waals surface area contributed by atoms with Crippen LogP contribution in [0.15, 0.2) is 12.7 Å². The van der Waals surface area contributed by atoms with Crippen molar-refractivity contribution in [1.82, 2.24) is 0 Å². The van der Waals surface area contributed by atoms with Gasteiger partial charge in [0.2, 0.25) is 0 Å². The van der Waals surface area contributed by atoms with Crippen molar-refractivity contribution in [3.63, 3.8) is 0 Å². The first-order valence-electron chi connectivity index (χ1n) is 10.9. The van der Waals surface area contributed by atoms with Crippen LogP contribution in [0.1, 0.15) is 80.1 Å². The van der Waals surface area contributed by atoms with Crippen LogP contribution >= 0.6 is 0 Å². The van der Waals surface area contributed by atoms with E-state index in [0.717, 1.165) is 25.2 Å². The monoisotopic (exact) mass is 360 g/mol. The smallest absolute Gasteiger partial charge is 0.139 e. The van der Waals surface area contributed by atoms with E-state index in [-0.39, 0.29) is 28.1 Å². The Morgan fingerprint density at radius 1 is 1.23 bits per heavy atom. The summed E-state index contributed by atoms with van der Waals surface area (Å²) < 4.78 is 0. The van der Waals surface area contributed by atoms with Crippen molar-refractivity contribution in [2.45, 2.75) is 86.2 Å². The van der Waals surface area contributed by atoms with Crippen molar-refractivity contribution in [3.8, 4) is 0 Å². The van der Waals surface area contributed by atoms with E-state index in [1.54, 1.807) is 0 Å². The fraction of sp³-hybridized carbons (Fsp3) is 0.875. The van der Waals surface area contributed by atoms with Gasteiger partial charge in [0, 0.05) is 17.3 Å². The van der Waals surface area contributed by atoms with E-state index in [4.69, 9.17) is 0 Å². The highest BCUT2D eigenvalue weighted by atomic mass is 16.3. The van der Waals surface area contributed by atoms with Crippen molar-refractivity contribution in [2.75, 3.05) is 0 Å². The zero-order valence-corrected chi connectivity index (χ0v) is 17.8. The van der Waals surface area contributed by atoms with Gasteiger partial charge in [-0.1, -0.05) is 54.0 Å². The Hall–Kier alpha value is -0.630. The molecule has 0 saturated heterocycles. The Morgan fingerprint density at radius 3 is 2.35 bits per heavy atom. The number of aliphatic hydroxyl groups is 1. The van der Waals surface area contributed by atoms with E-state index in [1.807, 2.05) is 6.08 Å². The summed E-state index contributed by atoms with van der Waals surface area (Å²) in [6.45, 7) is 17.8. The molecule has 0 aliphatic heterocycles. The van der Waals surface area contributed by atoms with Crippen LogP contribution in [0.4, 0.5) is 0 Å². The first-order chi connectivity index (χ1) is 12.1. The number of fused-ring (bicyclic) bond motifs is 1. The topological polar surface area (TPSA) is 37.3 Å². The third-order valence-electron chi connectivity index (χ3n) is 9.57. The summed E-state index contributed by atoms with van der Waals surface area (Å²) in [5.41, 5.74) is -0.618. The van der Waals surface area contributed by atoms with Crippen LogP contribution in [0, 0.1) is 45.8 Å². The van der Waals surface area contributed by atoms with Crippen molar-refractivity contribution in [2.24, 2.45) is 45.8 Å². The molecule has 2 nitrogen and oxygen atoms in total. The molecule has 0 radical (unpaired) electrons. The molecule has 2 heteroatoms. The van der Waals surface area contributed by atoms with Gasteiger partial charge in [0.25, 0.3) is 0 Å². The van der Waals surface area contributed by atoms with Gasteiger partial charge in [-0.15, -0.1) is 6.58 Å². The highest BCUT2D eigenvalue weighted by Gasteiger charge is 2.66. The van der Waals surface area contributed by atoms with Crippen LogP contribution < -0.4 is 0 Å². The minimum absolute atomic E-state index is 0.0141. The van der Waals surface area contributed by atoms with E-state index < -0.39 is 6.10 Å². The quantitative estimate of drug-likeness (QED) is 0.658. The average Bonchev–Trinajstić information content (AvgIpc) is 3.39. The lowest BCUT2D eigenvalue weighted by Gasteiger charge is -2.60. The molecule has 8 atom stereocenters. The zero-order chi connectivity index (χ0) is 19.5.